The lowest BCUT2D eigenvalue weighted by Gasteiger charge is -2.11. The Morgan fingerprint density at radius 1 is 1.29 bits per heavy atom. The van der Waals surface area contributed by atoms with Crippen LogP contribution in [0, 0.1) is 0 Å². The van der Waals surface area contributed by atoms with Gasteiger partial charge in [-0.25, -0.2) is 13.1 Å². The van der Waals surface area contributed by atoms with E-state index < -0.39 is 10.0 Å². The van der Waals surface area contributed by atoms with Crippen LogP contribution in [0.2, 0.25) is 0 Å². The first-order chi connectivity index (χ1) is 9.90. The lowest BCUT2D eigenvalue weighted by Crippen LogP contribution is -2.26. The highest BCUT2D eigenvalue weighted by molar-refractivity contribution is 9.11. The Bertz CT molecular complexity index is 695. The number of halogens is 2. The van der Waals surface area contributed by atoms with Crippen LogP contribution in [-0.2, 0) is 16.6 Å². The van der Waals surface area contributed by atoms with Gasteiger partial charge in [0.15, 0.2) is 0 Å². The molecule has 1 heterocycles. The van der Waals surface area contributed by atoms with Gasteiger partial charge in [-0.3, -0.25) is 4.68 Å². The van der Waals surface area contributed by atoms with Crippen molar-refractivity contribution < 1.29 is 8.42 Å². The van der Waals surface area contributed by atoms with Gasteiger partial charge in [-0.2, -0.15) is 0 Å². The third kappa shape index (κ3) is 4.25. The number of nitrogens with zero attached hydrogens (tertiary/aromatic N) is 3. The zero-order valence-electron chi connectivity index (χ0n) is 10.8. The van der Waals surface area contributed by atoms with E-state index in [1.807, 2.05) is 0 Å². The maximum absolute atomic E-state index is 12.3. The number of aryl methyl sites for hydroxylation is 1. The van der Waals surface area contributed by atoms with Gasteiger partial charge in [0.25, 0.3) is 0 Å². The van der Waals surface area contributed by atoms with E-state index in [2.05, 4.69) is 46.9 Å². The molecule has 0 fully saturated rings. The monoisotopic (exact) mass is 437 g/mol. The largest absolute Gasteiger partial charge is 0.399 e. The van der Waals surface area contributed by atoms with Gasteiger partial charge in [-0.15, -0.1) is 5.10 Å². The third-order valence-electron chi connectivity index (χ3n) is 2.62. The minimum absolute atomic E-state index is 0.137. The summed E-state index contributed by atoms with van der Waals surface area (Å²) < 4.78 is 29.6. The fourth-order valence-corrected chi connectivity index (χ4v) is 5.40. The topological polar surface area (TPSA) is 103 Å². The van der Waals surface area contributed by atoms with Gasteiger partial charge in [0.05, 0.1) is 6.20 Å². The minimum Gasteiger partial charge on any atom is -0.399 e. The van der Waals surface area contributed by atoms with Crippen LogP contribution in [0.3, 0.4) is 0 Å². The smallest absolute Gasteiger partial charge is 0.242 e. The van der Waals surface area contributed by atoms with Crippen molar-refractivity contribution in [2.24, 2.45) is 0 Å². The predicted molar refractivity (Wildman–Crippen MR) is 86.1 cm³/mol. The van der Waals surface area contributed by atoms with Crippen molar-refractivity contribution in [1.82, 2.24) is 19.7 Å². The van der Waals surface area contributed by atoms with E-state index >= 15 is 0 Å². The lowest BCUT2D eigenvalue weighted by atomic mass is 10.3. The maximum Gasteiger partial charge on any atom is 0.242 e. The molecule has 0 radical (unpaired) electrons. The molecule has 0 saturated carbocycles. The van der Waals surface area contributed by atoms with Crippen molar-refractivity contribution in [2.75, 3.05) is 12.3 Å². The molecule has 10 heteroatoms. The molecule has 0 bridgehead atoms. The summed E-state index contributed by atoms with van der Waals surface area (Å²) in [7, 11) is -3.62. The van der Waals surface area contributed by atoms with Crippen molar-refractivity contribution in [3.05, 3.63) is 33.5 Å². The van der Waals surface area contributed by atoms with E-state index in [0.717, 1.165) is 0 Å². The Labute approximate surface area is 139 Å². The van der Waals surface area contributed by atoms with E-state index in [-0.39, 0.29) is 4.90 Å². The maximum atomic E-state index is 12.3. The molecule has 1 aromatic carbocycles. The highest BCUT2D eigenvalue weighted by Crippen LogP contribution is 2.32. The van der Waals surface area contributed by atoms with Crippen LogP contribution in [0.1, 0.15) is 6.42 Å². The van der Waals surface area contributed by atoms with Crippen molar-refractivity contribution in [3.8, 4) is 0 Å². The van der Waals surface area contributed by atoms with Crippen LogP contribution in [0.5, 0.6) is 0 Å². The molecule has 0 atom stereocenters. The van der Waals surface area contributed by atoms with Gasteiger partial charge in [0.2, 0.25) is 10.0 Å². The van der Waals surface area contributed by atoms with Crippen LogP contribution in [0.25, 0.3) is 0 Å². The summed E-state index contributed by atoms with van der Waals surface area (Å²) in [5, 5.41) is 7.49. The molecule has 2 rings (SSSR count). The molecule has 0 amide bonds. The Morgan fingerprint density at radius 2 is 1.95 bits per heavy atom. The SMILES string of the molecule is Nc1cc(Br)c(S(=O)(=O)NCCCn2ccnn2)c(Br)c1. The molecule has 7 nitrogen and oxygen atoms in total. The van der Waals surface area contributed by atoms with Crippen LogP contribution >= 0.6 is 31.9 Å². The minimum atomic E-state index is -3.62. The second-order valence-electron chi connectivity index (χ2n) is 4.23. The van der Waals surface area contributed by atoms with Crippen LogP contribution < -0.4 is 10.5 Å². The second-order valence-corrected chi connectivity index (χ2v) is 7.64. The van der Waals surface area contributed by atoms with E-state index in [4.69, 9.17) is 5.73 Å². The number of aromatic nitrogens is 3. The fourth-order valence-electron chi connectivity index (χ4n) is 1.71. The zero-order valence-corrected chi connectivity index (χ0v) is 14.8. The number of hydrogen-bond donors (Lipinski definition) is 2. The number of benzene rings is 1. The van der Waals surface area contributed by atoms with Crippen molar-refractivity contribution in [2.45, 2.75) is 17.9 Å². The summed E-state index contributed by atoms with van der Waals surface area (Å²) in [6, 6.07) is 3.10. The Hall–Kier alpha value is -0.970. The Morgan fingerprint density at radius 3 is 2.52 bits per heavy atom. The van der Waals surface area contributed by atoms with Crippen molar-refractivity contribution in [3.63, 3.8) is 0 Å². The average Bonchev–Trinajstić information content (AvgIpc) is 2.86. The van der Waals surface area contributed by atoms with E-state index in [1.165, 1.54) is 0 Å². The Balaban J connectivity index is 2.02. The van der Waals surface area contributed by atoms with Crippen LogP contribution in [0.15, 0.2) is 38.4 Å². The first kappa shape index (κ1) is 16.4. The van der Waals surface area contributed by atoms with Gasteiger partial charge in [0, 0.05) is 33.9 Å². The molecule has 0 aliphatic carbocycles. The van der Waals surface area contributed by atoms with Crippen LogP contribution in [-0.4, -0.2) is 30.0 Å². The molecule has 114 valence electrons. The number of anilines is 1. The molecule has 0 spiro atoms. The third-order valence-corrected chi connectivity index (χ3v) is 5.95. The van der Waals surface area contributed by atoms with Crippen LogP contribution in [0.4, 0.5) is 5.69 Å². The first-order valence-corrected chi connectivity index (χ1v) is 9.05. The molecule has 21 heavy (non-hydrogen) atoms. The number of hydrogen-bond acceptors (Lipinski definition) is 5. The van der Waals surface area contributed by atoms with Gasteiger partial charge in [-0.1, -0.05) is 5.21 Å². The molecule has 0 unspecified atom stereocenters. The summed E-state index contributed by atoms with van der Waals surface area (Å²) in [4.78, 5) is 0.137. The molecule has 0 aliphatic heterocycles. The molecule has 2 aromatic rings. The van der Waals surface area contributed by atoms with Gasteiger partial charge < -0.3 is 5.73 Å². The lowest BCUT2D eigenvalue weighted by molar-refractivity contribution is 0.542. The number of nitrogen functional groups attached to an aromatic ring is 1. The standard InChI is InChI=1S/C11H13Br2N5O2S/c12-9-6-8(14)7-10(13)11(9)21(19,20)16-2-1-4-18-5-3-15-17-18/h3,5-7,16H,1-2,4,14H2. The fraction of sp³-hybridized carbons (Fsp3) is 0.273. The second kappa shape index (κ2) is 6.86. The van der Waals surface area contributed by atoms with E-state index in [0.29, 0.717) is 34.1 Å². The van der Waals surface area contributed by atoms with Crippen molar-refractivity contribution in [1.29, 1.82) is 0 Å². The van der Waals surface area contributed by atoms with Crippen molar-refractivity contribution >= 4 is 47.6 Å². The van der Waals surface area contributed by atoms with E-state index in [1.54, 1.807) is 29.2 Å². The molecular weight excluding hydrogens is 426 g/mol. The van der Waals surface area contributed by atoms with Gasteiger partial charge >= 0.3 is 0 Å². The number of nitrogens with one attached hydrogen (secondary N) is 1. The van der Waals surface area contributed by atoms with Gasteiger partial charge in [0.1, 0.15) is 4.90 Å². The average molecular weight is 439 g/mol. The number of sulfonamides is 1. The molecular formula is C11H13Br2N5O2S. The van der Waals surface area contributed by atoms with E-state index in [9.17, 15) is 8.42 Å². The Kier molecular flexibility index (Phi) is 5.36. The molecule has 0 saturated heterocycles. The first-order valence-electron chi connectivity index (χ1n) is 5.98. The molecule has 1 aromatic heterocycles. The quantitative estimate of drug-likeness (QED) is 0.528. The highest BCUT2D eigenvalue weighted by atomic mass is 79.9. The summed E-state index contributed by atoms with van der Waals surface area (Å²) in [5.41, 5.74) is 6.13. The summed E-state index contributed by atoms with van der Waals surface area (Å²) in [5.74, 6) is 0. The summed E-state index contributed by atoms with van der Waals surface area (Å²) in [6.07, 6.45) is 3.90. The predicted octanol–water partition coefficient (Wildman–Crippen LogP) is 1.75. The normalized spacial score (nSPS) is 11.7. The summed E-state index contributed by atoms with van der Waals surface area (Å²) in [6.45, 7) is 0.887. The number of nitrogens with two attached hydrogens (primary N) is 1. The highest BCUT2D eigenvalue weighted by Gasteiger charge is 2.21. The number of rotatable bonds is 6. The van der Waals surface area contributed by atoms with Gasteiger partial charge in [-0.05, 0) is 50.4 Å². The zero-order chi connectivity index (χ0) is 15.5. The molecule has 3 N–H and O–H groups in total. The summed E-state index contributed by atoms with van der Waals surface area (Å²) >= 11 is 6.45. The molecule has 0 aliphatic rings.